The Bertz CT molecular complexity index is 314. The SMILES string of the molecule is O=[N+]([O-])c1ccc(SC(O)CO)cc1. The lowest BCUT2D eigenvalue weighted by atomic mass is 10.3. The van der Waals surface area contributed by atoms with Crippen LogP contribution in [-0.4, -0.2) is 27.2 Å². The zero-order valence-corrected chi connectivity index (χ0v) is 7.98. The molecule has 0 fully saturated rings. The maximum Gasteiger partial charge on any atom is 0.269 e. The third-order valence-electron chi connectivity index (χ3n) is 1.48. The number of nitrogens with zero attached hydrogens (tertiary/aromatic N) is 1. The molecule has 1 aromatic carbocycles. The Morgan fingerprint density at radius 1 is 1.43 bits per heavy atom. The van der Waals surface area contributed by atoms with Crippen molar-refractivity contribution in [2.45, 2.75) is 10.3 Å². The molecule has 0 amide bonds. The van der Waals surface area contributed by atoms with E-state index in [0.29, 0.717) is 4.90 Å². The summed E-state index contributed by atoms with van der Waals surface area (Å²) in [4.78, 5) is 10.5. The summed E-state index contributed by atoms with van der Waals surface area (Å²) in [7, 11) is 0. The van der Waals surface area contributed by atoms with Crippen LogP contribution in [0.2, 0.25) is 0 Å². The molecule has 0 saturated carbocycles. The van der Waals surface area contributed by atoms with Crippen LogP contribution in [0.25, 0.3) is 0 Å². The van der Waals surface area contributed by atoms with Crippen molar-refractivity contribution in [2.24, 2.45) is 0 Å². The van der Waals surface area contributed by atoms with Crippen molar-refractivity contribution in [1.82, 2.24) is 0 Å². The molecule has 0 aromatic heterocycles. The van der Waals surface area contributed by atoms with Gasteiger partial charge in [0.1, 0.15) is 5.44 Å². The summed E-state index contributed by atoms with van der Waals surface area (Å²) < 4.78 is 0. The summed E-state index contributed by atoms with van der Waals surface area (Å²) in [6.45, 7) is -0.346. The minimum Gasteiger partial charge on any atom is -0.393 e. The van der Waals surface area contributed by atoms with E-state index in [-0.39, 0.29) is 12.3 Å². The third-order valence-corrected chi connectivity index (χ3v) is 2.44. The monoisotopic (exact) mass is 215 g/mol. The van der Waals surface area contributed by atoms with Crippen molar-refractivity contribution >= 4 is 17.4 Å². The Balaban J connectivity index is 2.68. The number of aliphatic hydroxyl groups is 2. The normalized spacial score (nSPS) is 12.4. The predicted molar refractivity (Wildman–Crippen MR) is 52.0 cm³/mol. The van der Waals surface area contributed by atoms with Crippen LogP contribution in [0.3, 0.4) is 0 Å². The van der Waals surface area contributed by atoms with E-state index in [0.717, 1.165) is 11.8 Å². The van der Waals surface area contributed by atoms with Crippen LogP contribution in [0.1, 0.15) is 0 Å². The highest BCUT2D eigenvalue weighted by Crippen LogP contribution is 2.23. The Morgan fingerprint density at radius 3 is 2.43 bits per heavy atom. The van der Waals surface area contributed by atoms with Gasteiger partial charge < -0.3 is 10.2 Å². The molecular formula is C8H9NO4S. The molecule has 0 aliphatic carbocycles. The highest BCUT2D eigenvalue weighted by atomic mass is 32.2. The van der Waals surface area contributed by atoms with Gasteiger partial charge in [-0.2, -0.15) is 0 Å². The molecule has 0 heterocycles. The van der Waals surface area contributed by atoms with Crippen LogP contribution in [0, 0.1) is 10.1 Å². The molecule has 1 aromatic rings. The Kier molecular flexibility index (Phi) is 3.87. The van der Waals surface area contributed by atoms with Crippen molar-refractivity contribution in [2.75, 3.05) is 6.61 Å². The van der Waals surface area contributed by atoms with Gasteiger partial charge in [-0.15, -0.1) is 0 Å². The Hall–Kier alpha value is -1.11. The molecule has 14 heavy (non-hydrogen) atoms. The molecule has 6 heteroatoms. The molecule has 1 atom stereocenters. The van der Waals surface area contributed by atoms with Crippen molar-refractivity contribution < 1.29 is 15.1 Å². The van der Waals surface area contributed by atoms with Gasteiger partial charge in [0.05, 0.1) is 11.5 Å². The molecule has 1 rings (SSSR count). The van der Waals surface area contributed by atoms with E-state index in [9.17, 15) is 10.1 Å². The third kappa shape index (κ3) is 2.99. The summed E-state index contributed by atoms with van der Waals surface area (Å²) in [6, 6.07) is 5.77. The summed E-state index contributed by atoms with van der Waals surface area (Å²) in [5, 5.41) is 27.9. The number of hydrogen-bond donors (Lipinski definition) is 2. The Labute approximate surface area is 84.5 Å². The van der Waals surface area contributed by atoms with E-state index in [1.165, 1.54) is 24.3 Å². The number of nitro groups is 1. The quantitative estimate of drug-likeness (QED) is 0.339. The maximum absolute atomic E-state index is 10.3. The molecular weight excluding hydrogens is 206 g/mol. The molecule has 0 saturated heterocycles. The second kappa shape index (κ2) is 4.94. The van der Waals surface area contributed by atoms with Crippen LogP contribution >= 0.6 is 11.8 Å². The maximum atomic E-state index is 10.3. The number of non-ortho nitro benzene ring substituents is 1. The van der Waals surface area contributed by atoms with Crippen molar-refractivity contribution in [3.63, 3.8) is 0 Å². The molecule has 0 aliphatic rings. The molecule has 0 bridgehead atoms. The lowest BCUT2D eigenvalue weighted by Crippen LogP contribution is -2.05. The number of benzene rings is 1. The summed E-state index contributed by atoms with van der Waals surface area (Å²) in [5.74, 6) is 0. The smallest absolute Gasteiger partial charge is 0.269 e. The lowest BCUT2D eigenvalue weighted by Gasteiger charge is -2.05. The Morgan fingerprint density at radius 2 is 2.00 bits per heavy atom. The molecule has 76 valence electrons. The van der Waals surface area contributed by atoms with Crippen LogP contribution in [-0.2, 0) is 0 Å². The first kappa shape index (κ1) is 11.0. The standard InChI is InChI=1S/C8H9NO4S/c10-5-8(11)14-7-3-1-6(2-4-7)9(12)13/h1-4,8,10-11H,5H2. The van der Waals surface area contributed by atoms with Crippen molar-refractivity contribution in [1.29, 1.82) is 0 Å². The fraction of sp³-hybridized carbons (Fsp3) is 0.250. The van der Waals surface area contributed by atoms with Gasteiger partial charge in [-0.3, -0.25) is 10.1 Å². The minimum absolute atomic E-state index is 0.00726. The molecule has 0 spiro atoms. The average Bonchev–Trinajstić information content (AvgIpc) is 2.18. The van der Waals surface area contributed by atoms with E-state index in [4.69, 9.17) is 10.2 Å². The lowest BCUT2D eigenvalue weighted by molar-refractivity contribution is -0.384. The molecule has 5 nitrogen and oxygen atoms in total. The van der Waals surface area contributed by atoms with Crippen LogP contribution in [0.4, 0.5) is 5.69 Å². The number of thioether (sulfide) groups is 1. The summed E-state index contributed by atoms with van der Waals surface area (Å²) >= 11 is 1.05. The van der Waals surface area contributed by atoms with Gasteiger partial charge >= 0.3 is 0 Å². The number of hydrogen-bond acceptors (Lipinski definition) is 5. The van der Waals surface area contributed by atoms with Crippen molar-refractivity contribution in [3.8, 4) is 0 Å². The topological polar surface area (TPSA) is 83.6 Å². The fourth-order valence-electron chi connectivity index (χ4n) is 0.841. The van der Waals surface area contributed by atoms with Gasteiger partial charge in [-0.05, 0) is 12.1 Å². The highest BCUT2D eigenvalue weighted by Gasteiger charge is 2.07. The first-order chi connectivity index (χ1) is 6.63. The van der Waals surface area contributed by atoms with Gasteiger partial charge in [0.15, 0.2) is 0 Å². The fourth-order valence-corrected chi connectivity index (χ4v) is 1.52. The van der Waals surface area contributed by atoms with Gasteiger partial charge in [0, 0.05) is 17.0 Å². The second-order valence-corrected chi connectivity index (χ2v) is 3.76. The number of aliphatic hydroxyl groups excluding tert-OH is 2. The largest absolute Gasteiger partial charge is 0.393 e. The minimum atomic E-state index is -0.892. The van der Waals surface area contributed by atoms with Gasteiger partial charge in [-0.25, -0.2) is 0 Å². The van der Waals surface area contributed by atoms with E-state index in [1.54, 1.807) is 0 Å². The van der Waals surface area contributed by atoms with Gasteiger partial charge in [-0.1, -0.05) is 11.8 Å². The molecule has 1 unspecified atom stereocenters. The average molecular weight is 215 g/mol. The van der Waals surface area contributed by atoms with E-state index < -0.39 is 10.4 Å². The molecule has 2 N–H and O–H groups in total. The van der Waals surface area contributed by atoms with E-state index in [1.807, 2.05) is 0 Å². The van der Waals surface area contributed by atoms with Gasteiger partial charge in [0.25, 0.3) is 5.69 Å². The summed E-state index contributed by atoms with van der Waals surface area (Å²) in [5.41, 5.74) is -0.885. The first-order valence-electron chi connectivity index (χ1n) is 3.83. The highest BCUT2D eigenvalue weighted by molar-refractivity contribution is 7.99. The van der Waals surface area contributed by atoms with E-state index >= 15 is 0 Å². The molecule has 0 aliphatic heterocycles. The van der Waals surface area contributed by atoms with Crippen LogP contribution < -0.4 is 0 Å². The zero-order valence-electron chi connectivity index (χ0n) is 7.16. The second-order valence-electron chi connectivity index (χ2n) is 2.51. The first-order valence-corrected chi connectivity index (χ1v) is 4.71. The summed E-state index contributed by atoms with van der Waals surface area (Å²) in [6.07, 6.45) is 0. The number of nitro benzene ring substituents is 1. The zero-order chi connectivity index (χ0) is 10.6. The van der Waals surface area contributed by atoms with Gasteiger partial charge in [0.2, 0.25) is 0 Å². The predicted octanol–water partition coefficient (Wildman–Crippen LogP) is 0.998. The van der Waals surface area contributed by atoms with Crippen LogP contribution in [0.15, 0.2) is 29.2 Å². The van der Waals surface area contributed by atoms with E-state index in [2.05, 4.69) is 0 Å². The number of rotatable bonds is 4. The van der Waals surface area contributed by atoms with Crippen molar-refractivity contribution in [3.05, 3.63) is 34.4 Å². The molecule has 0 radical (unpaired) electrons. The van der Waals surface area contributed by atoms with Crippen LogP contribution in [0.5, 0.6) is 0 Å².